The summed E-state index contributed by atoms with van der Waals surface area (Å²) >= 11 is 0. The van der Waals surface area contributed by atoms with E-state index in [9.17, 15) is 8.42 Å². The fourth-order valence-corrected chi connectivity index (χ4v) is 4.66. The van der Waals surface area contributed by atoms with Crippen molar-refractivity contribution in [1.82, 2.24) is 0 Å². The van der Waals surface area contributed by atoms with Crippen LogP contribution in [0.15, 0.2) is 46.2 Å². The Kier molecular flexibility index (Phi) is 4.66. The lowest BCUT2D eigenvalue weighted by Gasteiger charge is -2.30. The lowest BCUT2D eigenvalue weighted by atomic mass is 9.85. The zero-order chi connectivity index (χ0) is 14.8. The summed E-state index contributed by atoms with van der Waals surface area (Å²) in [6.45, 7) is 4.15. The van der Waals surface area contributed by atoms with Crippen LogP contribution >= 0.6 is 0 Å². The quantitative estimate of drug-likeness (QED) is 0.854. The van der Waals surface area contributed by atoms with Gasteiger partial charge < -0.3 is 4.74 Å². The summed E-state index contributed by atoms with van der Waals surface area (Å²) in [5, 5.41) is 0. The van der Waals surface area contributed by atoms with E-state index in [4.69, 9.17) is 4.74 Å². The normalized spacial score (nSPS) is 23.7. The van der Waals surface area contributed by atoms with E-state index in [1.54, 1.807) is 37.5 Å². The molecule has 0 aromatic heterocycles. The van der Waals surface area contributed by atoms with Crippen molar-refractivity contribution in [3.8, 4) is 0 Å². The highest BCUT2D eigenvalue weighted by molar-refractivity contribution is 7.95. The van der Waals surface area contributed by atoms with Crippen molar-refractivity contribution >= 4 is 9.84 Å². The smallest absolute Gasteiger partial charge is 0.202 e. The van der Waals surface area contributed by atoms with Crippen LogP contribution in [0.4, 0.5) is 0 Å². The van der Waals surface area contributed by atoms with Gasteiger partial charge in [0.2, 0.25) is 9.84 Å². The number of methoxy groups -OCH3 is 1. The van der Waals surface area contributed by atoms with E-state index in [0.717, 1.165) is 12.8 Å². The third-order valence-corrected chi connectivity index (χ3v) is 5.90. The summed E-state index contributed by atoms with van der Waals surface area (Å²) in [7, 11) is -1.79. The number of benzene rings is 1. The van der Waals surface area contributed by atoms with Crippen molar-refractivity contribution < 1.29 is 13.2 Å². The van der Waals surface area contributed by atoms with Gasteiger partial charge in [-0.2, -0.15) is 0 Å². The molecule has 0 amide bonds. The highest BCUT2D eigenvalue weighted by Gasteiger charge is 2.34. The SMILES string of the molecule is CO[C@@H]1C=C(S(=O)(=O)c2ccccc2)[C@@H](C(C)C)CC1. The summed E-state index contributed by atoms with van der Waals surface area (Å²) in [4.78, 5) is 0.894. The Morgan fingerprint density at radius 1 is 1.15 bits per heavy atom. The summed E-state index contributed by atoms with van der Waals surface area (Å²) in [6, 6.07) is 8.66. The van der Waals surface area contributed by atoms with E-state index >= 15 is 0 Å². The Bertz CT molecular complexity index is 573. The molecular formula is C16H22O3S. The van der Waals surface area contributed by atoms with Crippen LogP contribution in [-0.2, 0) is 14.6 Å². The van der Waals surface area contributed by atoms with Gasteiger partial charge in [0.25, 0.3) is 0 Å². The molecule has 0 bridgehead atoms. The zero-order valence-corrected chi connectivity index (χ0v) is 13.1. The molecule has 3 nitrogen and oxygen atoms in total. The Morgan fingerprint density at radius 2 is 1.80 bits per heavy atom. The first-order valence-corrected chi connectivity index (χ1v) is 8.49. The molecule has 4 heteroatoms. The Morgan fingerprint density at radius 3 is 2.35 bits per heavy atom. The van der Waals surface area contributed by atoms with Crippen LogP contribution in [0.3, 0.4) is 0 Å². The number of hydrogen-bond donors (Lipinski definition) is 0. The van der Waals surface area contributed by atoms with Crippen molar-refractivity contribution in [3.05, 3.63) is 41.3 Å². The van der Waals surface area contributed by atoms with Crippen molar-refractivity contribution in [2.45, 2.75) is 37.7 Å². The number of sulfone groups is 1. The Hall–Kier alpha value is -1.13. The third-order valence-electron chi connectivity index (χ3n) is 3.95. The van der Waals surface area contributed by atoms with Crippen molar-refractivity contribution in [3.63, 3.8) is 0 Å². The second-order valence-electron chi connectivity index (χ2n) is 5.59. The molecule has 0 unspecified atom stereocenters. The van der Waals surface area contributed by atoms with Crippen molar-refractivity contribution in [1.29, 1.82) is 0 Å². The fraction of sp³-hybridized carbons (Fsp3) is 0.500. The van der Waals surface area contributed by atoms with E-state index in [0.29, 0.717) is 15.7 Å². The fourth-order valence-electron chi connectivity index (χ4n) is 2.75. The molecule has 0 heterocycles. The maximum Gasteiger partial charge on any atom is 0.202 e. The molecule has 0 fully saturated rings. The molecule has 0 N–H and O–H groups in total. The second-order valence-corrected chi connectivity index (χ2v) is 7.54. The lowest BCUT2D eigenvalue weighted by molar-refractivity contribution is 0.118. The summed E-state index contributed by atoms with van der Waals surface area (Å²) in [5.74, 6) is 0.379. The minimum atomic E-state index is -3.42. The molecule has 1 aromatic carbocycles. The van der Waals surface area contributed by atoms with Gasteiger partial charge in [-0.15, -0.1) is 0 Å². The molecule has 2 rings (SSSR count). The van der Waals surface area contributed by atoms with Crippen LogP contribution in [0.25, 0.3) is 0 Å². The molecule has 0 aliphatic heterocycles. The molecule has 1 aliphatic carbocycles. The number of allylic oxidation sites excluding steroid dienone is 1. The number of rotatable bonds is 4. The molecule has 110 valence electrons. The largest absolute Gasteiger partial charge is 0.377 e. The van der Waals surface area contributed by atoms with E-state index < -0.39 is 9.84 Å². The summed E-state index contributed by atoms with van der Waals surface area (Å²) in [6.07, 6.45) is 3.44. The van der Waals surface area contributed by atoms with Gasteiger partial charge in [-0.3, -0.25) is 0 Å². The molecular weight excluding hydrogens is 272 g/mol. The summed E-state index contributed by atoms with van der Waals surface area (Å²) < 4.78 is 31.0. The van der Waals surface area contributed by atoms with Crippen LogP contribution < -0.4 is 0 Å². The molecule has 0 spiro atoms. The van der Waals surface area contributed by atoms with Crippen molar-refractivity contribution in [2.75, 3.05) is 7.11 Å². The van der Waals surface area contributed by atoms with E-state index in [-0.39, 0.29) is 12.0 Å². The van der Waals surface area contributed by atoms with Crippen LogP contribution in [0, 0.1) is 11.8 Å². The lowest BCUT2D eigenvalue weighted by Crippen LogP contribution is -2.27. The zero-order valence-electron chi connectivity index (χ0n) is 12.2. The van der Waals surface area contributed by atoms with Gasteiger partial charge in [0.1, 0.15) is 0 Å². The van der Waals surface area contributed by atoms with Gasteiger partial charge in [0, 0.05) is 7.11 Å². The van der Waals surface area contributed by atoms with E-state index in [2.05, 4.69) is 13.8 Å². The topological polar surface area (TPSA) is 43.4 Å². The van der Waals surface area contributed by atoms with Gasteiger partial charge in [-0.25, -0.2) is 8.42 Å². The predicted octanol–water partition coefficient (Wildman–Crippen LogP) is 3.43. The first-order valence-electron chi connectivity index (χ1n) is 7.01. The van der Waals surface area contributed by atoms with Crippen LogP contribution in [0.1, 0.15) is 26.7 Å². The molecule has 1 aliphatic rings. The second kappa shape index (κ2) is 6.10. The standard InChI is InChI=1S/C16H22O3S/c1-12(2)15-10-9-13(19-3)11-16(15)20(17,18)14-7-5-4-6-8-14/h4-8,11-13,15H,9-10H2,1-3H3/t13-,15+/m0/s1. The molecule has 0 saturated carbocycles. The Labute approximate surface area is 121 Å². The molecule has 0 radical (unpaired) electrons. The van der Waals surface area contributed by atoms with Crippen molar-refractivity contribution in [2.24, 2.45) is 11.8 Å². The highest BCUT2D eigenvalue weighted by atomic mass is 32.2. The average Bonchev–Trinajstić information content (AvgIpc) is 2.47. The van der Waals surface area contributed by atoms with E-state index in [1.807, 2.05) is 6.07 Å². The first kappa shape index (κ1) is 15.3. The first-order chi connectivity index (χ1) is 9.46. The van der Waals surface area contributed by atoms with Crippen LogP contribution in [0.5, 0.6) is 0 Å². The highest BCUT2D eigenvalue weighted by Crippen LogP contribution is 2.37. The predicted molar refractivity (Wildman–Crippen MR) is 80.1 cm³/mol. The van der Waals surface area contributed by atoms with Crippen LogP contribution in [0.2, 0.25) is 0 Å². The summed E-state index contributed by atoms with van der Waals surface area (Å²) in [5.41, 5.74) is 0. The number of hydrogen-bond acceptors (Lipinski definition) is 3. The molecule has 2 atom stereocenters. The van der Waals surface area contributed by atoms with Crippen LogP contribution in [-0.4, -0.2) is 21.6 Å². The third kappa shape index (κ3) is 2.96. The Balaban J connectivity index is 2.48. The maximum atomic E-state index is 12.8. The van der Waals surface area contributed by atoms with Gasteiger partial charge in [-0.05, 0) is 42.9 Å². The molecule has 0 saturated heterocycles. The minimum Gasteiger partial charge on any atom is -0.377 e. The average molecular weight is 294 g/mol. The van der Waals surface area contributed by atoms with Gasteiger partial charge in [-0.1, -0.05) is 32.0 Å². The van der Waals surface area contributed by atoms with Gasteiger partial charge in [0.05, 0.1) is 15.9 Å². The maximum absolute atomic E-state index is 12.8. The molecule has 1 aromatic rings. The van der Waals surface area contributed by atoms with Gasteiger partial charge >= 0.3 is 0 Å². The molecule has 20 heavy (non-hydrogen) atoms. The van der Waals surface area contributed by atoms with Gasteiger partial charge in [0.15, 0.2) is 0 Å². The number of ether oxygens (including phenoxy) is 1. The van der Waals surface area contributed by atoms with E-state index in [1.165, 1.54) is 0 Å². The minimum absolute atomic E-state index is 0.0756. The monoisotopic (exact) mass is 294 g/mol.